The zero-order valence-corrected chi connectivity index (χ0v) is 14.1. The molecule has 1 saturated carbocycles. The number of aryl methyl sites for hydroxylation is 1. The Morgan fingerprint density at radius 2 is 2.00 bits per heavy atom. The van der Waals surface area contributed by atoms with Crippen LogP contribution in [0.5, 0.6) is 5.75 Å². The van der Waals surface area contributed by atoms with E-state index in [9.17, 15) is 9.90 Å². The van der Waals surface area contributed by atoms with Crippen molar-refractivity contribution < 1.29 is 14.6 Å². The second kappa shape index (κ2) is 6.65. The molecule has 1 aromatic heterocycles. The largest absolute Gasteiger partial charge is 0.497 e. The third-order valence-corrected chi connectivity index (χ3v) is 4.68. The highest BCUT2D eigenvalue weighted by atomic mass is 16.5. The number of hydrogen-bond acceptors (Lipinski definition) is 4. The third kappa shape index (κ3) is 3.14. The van der Waals surface area contributed by atoms with Crippen LogP contribution in [0.4, 0.5) is 0 Å². The number of ether oxygens (including phenoxy) is 1. The number of aliphatic hydroxyl groups excluding tert-OH is 1. The summed E-state index contributed by atoms with van der Waals surface area (Å²) in [6.45, 7) is 1.88. The summed E-state index contributed by atoms with van der Waals surface area (Å²) in [7, 11) is 1.62. The van der Waals surface area contributed by atoms with Gasteiger partial charge in [0.2, 0.25) is 0 Å². The van der Waals surface area contributed by atoms with Crippen molar-refractivity contribution in [3.8, 4) is 11.4 Å². The summed E-state index contributed by atoms with van der Waals surface area (Å²) in [6, 6.07) is 9.27. The van der Waals surface area contributed by atoms with E-state index < -0.39 is 5.54 Å². The van der Waals surface area contributed by atoms with Gasteiger partial charge in [-0.1, -0.05) is 12.8 Å². The highest BCUT2D eigenvalue weighted by molar-refractivity contribution is 5.93. The molecular formula is C18H23N3O3. The minimum atomic E-state index is -0.491. The van der Waals surface area contributed by atoms with Gasteiger partial charge in [0, 0.05) is 5.69 Å². The van der Waals surface area contributed by atoms with E-state index in [1.807, 2.05) is 31.2 Å². The first-order valence-corrected chi connectivity index (χ1v) is 8.21. The van der Waals surface area contributed by atoms with E-state index in [0.29, 0.717) is 5.69 Å². The Labute approximate surface area is 141 Å². The summed E-state index contributed by atoms with van der Waals surface area (Å²) in [4.78, 5) is 12.5. The molecule has 1 fully saturated rings. The van der Waals surface area contributed by atoms with Crippen molar-refractivity contribution in [2.24, 2.45) is 0 Å². The minimum Gasteiger partial charge on any atom is -0.497 e. The van der Waals surface area contributed by atoms with Gasteiger partial charge in [0.15, 0.2) is 5.69 Å². The number of hydrogen-bond donors (Lipinski definition) is 2. The standard InChI is InChI=1S/C18H23N3O3/c1-13-11-16(17(23)19-18(12-22)9-3-4-10-18)20-21(13)14-5-7-15(24-2)8-6-14/h5-8,11,22H,3-4,9-10,12H2,1-2H3,(H,19,23). The second-order valence-corrected chi connectivity index (χ2v) is 6.38. The highest BCUT2D eigenvalue weighted by Crippen LogP contribution is 2.29. The fourth-order valence-corrected chi connectivity index (χ4v) is 3.25. The lowest BCUT2D eigenvalue weighted by molar-refractivity contribution is 0.0833. The molecule has 0 saturated heterocycles. The molecule has 0 spiro atoms. The van der Waals surface area contributed by atoms with E-state index in [0.717, 1.165) is 42.8 Å². The Kier molecular flexibility index (Phi) is 4.57. The van der Waals surface area contributed by atoms with Gasteiger partial charge in [-0.2, -0.15) is 5.10 Å². The third-order valence-electron chi connectivity index (χ3n) is 4.68. The van der Waals surface area contributed by atoms with Crippen molar-refractivity contribution in [1.82, 2.24) is 15.1 Å². The van der Waals surface area contributed by atoms with E-state index in [2.05, 4.69) is 10.4 Å². The molecule has 0 radical (unpaired) electrons. The normalized spacial score (nSPS) is 16.1. The number of methoxy groups -OCH3 is 1. The molecule has 1 amide bonds. The fourth-order valence-electron chi connectivity index (χ4n) is 3.25. The Hall–Kier alpha value is -2.34. The highest BCUT2D eigenvalue weighted by Gasteiger charge is 2.35. The lowest BCUT2D eigenvalue weighted by Crippen LogP contribution is -2.49. The predicted octanol–water partition coefficient (Wildman–Crippen LogP) is 2.22. The van der Waals surface area contributed by atoms with Crippen molar-refractivity contribution in [2.75, 3.05) is 13.7 Å². The van der Waals surface area contributed by atoms with Gasteiger partial charge in [-0.05, 0) is 50.1 Å². The summed E-state index contributed by atoms with van der Waals surface area (Å²) in [5.74, 6) is 0.536. The van der Waals surface area contributed by atoms with Crippen LogP contribution in [0.3, 0.4) is 0 Å². The number of nitrogens with one attached hydrogen (secondary N) is 1. The molecule has 128 valence electrons. The number of rotatable bonds is 5. The Morgan fingerprint density at radius 3 is 2.58 bits per heavy atom. The number of carbonyl (C=O) groups is 1. The van der Waals surface area contributed by atoms with E-state index in [4.69, 9.17) is 4.74 Å². The minimum absolute atomic E-state index is 0.0308. The Morgan fingerprint density at radius 1 is 1.33 bits per heavy atom. The Bertz CT molecular complexity index is 716. The maximum absolute atomic E-state index is 12.5. The van der Waals surface area contributed by atoms with Crippen LogP contribution in [0.25, 0.3) is 5.69 Å². The molecule has 1 heterocycles. The van der Waals surface area contributed by atoms with Gasteiger partial charge in [0.25, 0.3) is 5.91 Å². The lowest BCUT2D eigenvalue weighted by atomic mass is 9.99. The first-order chi connectivity index (χ1) is 11.6. The molecule has 24 heavy (non-hydrogen) atoms. The fraction of sp³-hybridized carbons (Fsp3) is 0.444. The SMILES string of the molecule is COc1ccc(-n2nc(C(=O)NC3(CO)CCCC3)cc2C)cc1. The van der Waals surface area contributed by atoms with Gasteiger partial charge in [0.1, 0.15) is 5.75 Å². The number of carbonyl (C=O) groups excluding carboxylic acids is 1. The maximum atomic E-state index is 12.5. The summed E-state index contributed by atoms with van der Waals surface area (Å²) in [5.41, 5.74) is 1.61. The molecule has 0 bridgehead atoms. The molecule has 1 aromatic carbocycles. The van der Waals surface area contributed by atoms with Gasteiger partial charge in [-0.15, -0.1) is 0 Å². The molecule has 1 aliphatic carbocycles. The predicted molar refractivity (Wildman–Crippen MR) is 90.6 cm³/mol. The van der Waals surface area contributed by atoms with Gasteiger partial charge < -0.3 is 15.2 Å². The summed E-state index contributed by atoms with van der Waals surface area (Å²) >= 11 is 0. The number of nitrogens with zero attached hydrogens (tertiary/aromatic N) is 2. The van der Waals surface area contributed by atoms with Crippen molar-refractivity contribution in [1.29, 1.82) is 0 Å². The summed E-state index contributed by atoms with van der Waals surface area (Å²) in [5, 5.41) is 17.1. The van der Waals surface area contributed by atoms with Crippen LogP contribution in [-0.4, -0.2) is 40.0 Å². The van der Waals surface area contributed by atoms with Gasteiger partial charge in [0.05, 0.1) is 24.9 Å². The van der Waals surface area contributed by atoms with E-state index in [1.54, 1.807) is 17.9 Å². The first-order valence-electron chi connectivity index (χ1n) is 8.21. The average Bonchev–Trinajstić information content (AvgIpc) is 3.22. The number of amides is 1. The maximum Gasteiger partial charge on any atom is 0.272 e. The molecule has 0 atom stereocenters. The lowest BCUT2D eigenvalue weighted by Gasteiger charge is -2.27. The monoisotopic (exact) mass is 329 g/mol. The van der Waals surface area contributed by atoms with Crippen LogP contribution >= 0.6 is 0 Å². The molecule has 1 aliphatic rings. The van der Waals surface area contributed by atoms with Crippen LogP contribution in [0, 0.1) is 6.92 Å². The van der Waals surface area contributed by atoms with Crippen LogP contribution in [0.15, 0.2) is 30.3 Å². The van der Waals surface area contributed by atoms with E-state index >= 15 is 0 Å². The van der Waals surface area contributed by atoms with Crippen molar-refractivity contribution in [3.63, 3.8) is 0 Å². The topological polar surface area (TPSA) is 76.4 Å². The van der Waals surface area contributed by atoms with Crippen LogP contribution in [0.2, 0.25) is 0 Å². The summed E-state index contributed by atoms with van der Waals surface area (Å²) < 4.78 is 6.89. The Balaban J connectivity index is 1.81. The molecule has 6 nitrogen and oxygen atoms in total. The quantitative estimate of drug-likeness (QED) is 0.882. The van der Waals surface area contributed by atoms with Crippen LogP contribution in [0.1, 0.15) is 41.9 Å². The molecule has 3 rings (SSSR count). The van der Waals surface area contributed by atoms with E-state index in [-0.39, 0.29) is 12.5 Å². The first kappa shape index (κ1) is 16.5. The number of aliphatic hydroxyl groups is 1. The van der Waals surface area contributed by atoms with Crippen molar-refractivity contribution in [3.05, 3.63) is 41.7 Å². The van der Waals surface area contributed by atoms with E-state index in [1.165, 1.54) is 0 Å². The summed E-state index contributed by atoms with van der Waals surface area (Å²) in [6.07, 6.45) is 3.68. The van der Waals surface area contributed by atoms with Crippen molar-refractivity contribution in [2.45, 2.75) is 38.1 Å². The van der Waals surface area contributed by atoms with Gasteiger partial charge in [-0.25, -0.2) is 4.68 Å². The smallest absolute Gasteiger partial charge is 0.272 e. The van der Waals surface area contributed by atoms with Crippen LogP contribution in [-0.2, 0) is 0 Å². The number of benzene rings is 1. The van der Waals surface area contributed by atoms with Gasteiger partial charge >= 0.3 is 0 Å². The van der Waals surface area contributed by atoms with Crippen LogP contribution < -0.4 is 10.1 Å². The molecular weight excluding hydrogens is 306 g/mol. The molecule has 2 N–H and O–H groups in total. The van der Waals surface area contributed by atoms with Gasteiger partial charge in [-0.3, -0.25) is 4.79 Å². The molecule has 0 aliphatic heterocycles. The molecule has 2 aromatic rings. The number of aromatic nitrogens is 2. The van der Waals surface area contributed by atoms with Crippen molar-refractivity contribution >= 4 is 5.91 Å². The molecule has 0 unspecified atom stereocenters. The zero-order chi connectivity index (χ0) is 17.2. The second-order valence-electron chi connectivity index (χ2n) is 6.38. The molecule has 6 heteroatoms. The zero-order valence-electron chi connectivity index (χ0n) is 14.1. The average molecular weight is 329 g/mol.